The molecule has 2 unspecified atom stereocenters. The van der Waals surface area contributed by atoms with E-state index in [1.54, 1.807) is 6.92 Å². The Morgan fingerprint density at radius 1 is 1.15 bits per heavy atom. The van der Waals surface area contributed by atoms with E-state index in [4.69, 9.17) is 0 Å². The SMILES string of the molecule is Cc1ccccc1C1CC1C(=O)N1CCC(n2ncc(C(=O)O)c2C)CC1. The van der Waals surface area contributed by atoms with Crippen LogP contribution in [-0.4, -0.2) is 44.8 Å². The number of aromatic nitrogens is 2. The number of piperidine rings is 1. The molecule has 2 aromatic rings. The molecule has 2 heterocycles. The molecule has 1 aliphatic carbocycles. The zero-order valence-corrected chi connectivity index (χ0v) is 15.8. The van der Waals surface area contributed by atoms with Gasteiger partial charge in [0.25, 0.3) is 0 Å². The van der Waals surface area contributed by atoms with E-state index in [2.05, 4.69) is 24.2 Å². The number of carbonyl (C=O) groups excluding carboxylic acids is 1. The molecule has 2 fully saturated rings. The number of aryl methyl sites for hydroxylation is 1. The topological polar surface area (TPSA) is 75.4 Å². The maximum atomic E-state index is 12.9. The van der Waals surface area contributed by atoms with Gasteiger partial charge in [0.2, 0.25) is 5.91 Å². The molecular weight excluding hydrogens is 342 g/mol. The minimum Gasteiger partial charge on any atom is -0.478 e. The summed E-state index contributed by atoms with van der Waals surface area (Å²) >= 11 is 0. The van der Waals surface area contributed by atoms with Gasteiger partial charge in [0.1, 0.15) is 5.56 Å². The number of hydrogen-bond donors (Lipinski definition) is 1. The van der Waals surface area contributed by atoms with Gasteiger partial charge >= 0.3 is 5.97 Å². The van der Waals surface area contributed by atoms with E-state index in [0.717, 1.165) is 19.3 Å². The number of amides is 1. The number of benzene rings is 1. The first-order chi connectivity index (χ1) is 13.0. The molecule has 142 valence electrons. The maximum Gasteiger partial charge on any atom is 0.339 e. The van der Waals surface area contributed by atoms with Crippen molar-refractivity contribution < 1.29 is 14.7 Å². The van der Waals surface area contributed by atoms with Crippen LogP contribution in [0.5, 0.6) is 0 Å². The summed E-state index contributed by atoms with van der Waals surface area (Å²) in [6.45, 7) is 5.33. The van der Waals surface area contributed by atoms with Gasteiger partial charge in [0.15, 0.2) is 0 Å². The van der Waals surface area contributed by atoms with Crippen molar-refractivity contribution in [3.05, 3.63) is 52.8 Å². The van der Waals surface area contributed by atoms with E-state index < -0.39 is 5.97 Å². The van der Waals surface area contributed by atoms with Crippen LogP contribution in [0.2, 0.25) is 0 Å². The lowest BCUT2D eigenvalue weighted by Gasteiger charge is -2.33. The number of nitrogens with zero attached hydrogens (tertiary/aromatic N) is 3. The highest BCUT2D eigenvalue weighted by atomic mass is 16.4. The number of aromatic carboxylic acids is 1. The number of likely N-dealkylation sites (tertiary alicyclic amines) is 1. The van der Waals surface area contributed by atoms with Gasteiger partial charge in [-0.05, 0) is 50.2 Å². The molecule has 2 atom stereocenters. The lowest BCUT2D eigenvalue weighted by atomic mass is 10.0. The quantitative estimate of drug-likeness (QED) is 0.901. The van der Waals surface area contributed by atoms with Crippen molar-refractivity contribution in [1.82, 2.24) is 14.7 Å². The summed E-state index contributed by atoms with van der Waals surface area (Å²) in [5, 5.41) is 13.5. The lowest BCUT2D eigenvalue weighted by Crippen LogP contribution is -2.40. The van der Waals surface area contributed by atoms with Crippen molar-refractivity contribution in [2.45, 2.75) is 45.1 Å². The maximum absolute atomic E-state index is 12.9. The highest BCUT2D eigenvalue weighted by Gasteiger charge is 2.46. The van der Waals surface area contributed by atoms with Crippen molar-refractivity contribution in [3.63, 3.8) is 0 Å². The van der Waals surface area contributed by atoms with E-state index >= 15 is 0 Å². The van der Waals surface area contributed by atoms with Gasteiger partial charge in [-0.25, -0.2) is 4.79 Å². The molecule has 1 saturated carbocycles. The number of carbonyl (C=O) groups is 2. The van der Waals surface area contributed by atoms with Crippen LogP contribution in [0.1, 0.15) is 58.4 Å². The number of carboxylic acids is 1. The fourth-order valence-corrected chi connectivity index (χ4v) is 4.38. The Morgan fingerprint density at radius 3 is 2.48 bits per heavy atom. The summed E-state index contributed by atoms with van der Waals surface area (Å²) < 4.78 is 1.82. The third-order valence-corrected chi connectivity index (χ3v) is 6.09. The third kappa shape index (κ3) is 3.24. The van der Waals surface area contributed by atoms with Crippen LogP contribution in [-0.2, 0) is 4.79 Å². The van der Waals surface area contributed by atoms with Gasteiger partial charge in [-0.3, -0.25) is 9.48 Å². The molecule has 1 saturated heterocycles. The first-order valence-electron chi connectivity index (χ1n) is 9.59. The molecule has 1 aromatic heterocycles. The van der Waals surface area contributed by atoms with E-state index in [1.165, 1.54) is 17.3 Å². The van der Waals surface area contributed by atoms with Crippen molar-refractivity contribution in [1.29, 1.82) is 0 Å². The van der Waals surface area contributed by atoms with Gasteiger partial charge in [-0.15, -0.1) is 0 Å². The second kappa shape index (κ2) is 6.83. The van der Waals surface area contributed by atoms with E-state index in [0.29, 0.717) is 24.7 Å². The monoisotopic (exact) mass is 367 g/mol. The van der Waals surface area contributed by atoms with Crippen molar-refractivity contribution in [3.8, 4) is 0 Å². The van der Waals surface area contributed by atoms with Crippen LogP contribution in [0.3, 0.4) is 0 Å². The van der Waals surface area contributed by atoms with E-state index in [9.17, 15) is 14.7 Å². The van der Waals surface area contributed by atoms with Crippen molar-refractivity contribution in [2.24, 2.45) is 5.92 Å². The van der Waals surface area contributed by atoms with Crippen LogP contribution in [0.15, 0.2) is 30.5 Å². The fourth-order valence-electron chi connectivity index (χ4n) is 4.38. The zero-order chi connectivity index (χ0) is 19.1. The molecule has 1 N–H and O–H groups in total. The smallest absolute Gasteiger partial charge is 0.339 e. The predicted octanol–water partition coefficient (Wildman–Crippen LogP) is 3.17. The summed E-state index contributed by atoms with van der Waals surface area (Å²) in [6, 6.07) is 8.49. The molecular formula is C21H25N3O3. The van der Waals surface area contributed by atoms with Crippen LogP contribution in [0.4, 0.5) is 0 Å². The van der Waals surface area contributed by atoms with Crippen LogP contribution >= 0.6 is 0 Å². The Bertz CT molecular complexity index is 881. The molecule has 27 heavy (non-hydrogen) atoms. The summed E-state index contributed by atoms with van der Waals surface area (Å²) in [4.78, 5) is 26.1. The Hall–Kier alpha value is -2.63. The van der Waals surface area contributed by atoms with Crippen LogP contribution in [0.25, 0.3) is 0 Å². The predicted molar refractivity (Wildman–Crippen MR) is 101 cm³/mol. The lowest BCUT2D eigenvalue weighted by molar-refractivity contribution is -0.134. The Labute approximate surface area is 158 Å². The number of rotatable bonds is 4. The Kier molecular flexibility index (Phi) is 4.50. The summed E-state index contributed by atoms with van der Waals surface area (Å²) in [6.07, 6.45) is 4.00. The second-order valence-electron chi connectivity index (χ2n) is 7.76. The molecule has 2 aliphatic rings. The molecule has 1 aromatic carbocycles. The average Bonchev–Trinajstić information content (AvgIpc) is 3.36. The van der Waals surface area contributed by atoms with Gasteiger partial charge < -0.3 is 10.0 Å². The molecule has 4 rings (SSSR count). The molecule has 0 radical (unpaired) electrons. The molecule has 6 heteroatoms. The second-order valence-corrected chi connectivity index (χ2v) is 7.76. The Balaban J connectivity index is 1.37. The van der Waals surface area contributed by atoms with E-state index in [-0.39, 0.29) is 23.4 Å². The molecule has 1 amide bonds. The number of carboxylic acid groups (broad SMARTS) is 1. The number of hydrogen-bond acceptors (Lipinski definition) is 3. The molecule has 1 aliphatic heterocycles. The minimum absolute atomic E-state index is 0.118. The first kappa shape index (κ1) is 17.8. The van der Waals surface area contributed by atoms with Gasteiger partial charge in [0.05, 0.1) is 17.9 Å². The molecule has 6 nitrogen and oxygen atoms in total. The summed E-state index contributed by atoms with van der Waals surface area (Å²) in [5.74, 6) is -0.192. The van der Waals surface area contributed by atoms with Gasteiger partial charge in [-0.2, -0.15) is 5.10 Å². The molecule has 0 spiro atoms. The highest BCUT2D eigenvalue weighted by molar-refractivity contribution is 5.88. The zero-order valence-electron chi connectivity index (χ0n) is 15.8. The standard InChI is InChI=1S/C21H25N3O3/c1-13-5-3-4-6-16(13)17-11-18(17)20(25)23-9-7-15(8-10-23)24-14(2)19(12-22-24)21(26)27/h3-6,12,15,17-18H,7-11H2,1-2H3,(H,26,27). The third-order valence-electron chi connectivity index (χ3n) is 6.09. The first-order valence-corrected chi connectivity index (χ1v) is 9.59. The Morgan fingerprint density at radius 2 is 1.85 bits per heavy atom. The van der Waals surface area contributed by atoms with Crippen molar-refractivity contribution >= 4 is 11.9 Å². The van der Waals surface area contributed by atoms with Gasteiger partial charge in [0, 0.05) is 19.0 Å². The summed E-state index contributed by atoms with van der Waals surface area (Å²) in [7, 11) is 0. The van der Waals surface area contributed by atoms with Crippen LogP contribution in [0, 0.1) is 19.8 Å². The van der Waals surface area contributed by atoms with Gasteiger partial charge in [-0.1, -0.05) is 24.3 Å². The van der Waals surface area contributed by atoms with E-state index in [1.807, 2.05) is 21.7 Å². The fraction of sp³-hybridized carbons (Fsp3) is 0.476. The van der Waals surface area contributed by atoms with Crippen molar-refractivity contribution in [2.75, 3.05) is 13.1 Å². The molecule has 0 bridgehead atoms. The van der Waals surface area contributed by atoms with Crippen LogP contribution < -0.4 is 0 Å². The highest BCUT2D eigenvalue weighted by Crippen LogP contribution is 2.49. The average molecular weight is 367 g/mol. The minimum atomic E-state index is -0.942. The largest absolute Gasteiger partial charge is 0.478 e. The summed E-state index contributed by atoms with van der Waals surface area (Å²) in [5.41, 5.74) is 3.51. The normalized spacial score (nSPS) is 22.7.